The first-order valence-corrected chi connectivity index (χ1v) is 6.93. The molecule has 0 fully saturated rings. The van der Waals surface area contributed by atoms with Crippen molar-refractivity contribution in [1.29, 1.82) is 0 Å². The molecule has 1 rings (SSSR count). The van der Waals surface area contributed by atoms with Gasteiger partial charge in [-0.05, 0) is 35.6 Å². The molecule has 0 aliphatic rings. The Bertz CT molecular complexity index is 411. The van der Waals surface area contributed by atoms with Gasteiger partial charge < -0.3 is 5.11 Å². The molecule has 0 atom stereocenters. The van der Waals surface area contributed by atoms with E-state index in [9.17, 15) is 9.90 Å². The Morgan fingerprint density at radius 1 is 1.37 bits per heavy atom. The second-order valence-corrected chi connectivity index (χ2v) is 5.48. The molecule has 19 heavy (non-hydrogen) atoms. The van der Waals surface area contributed by atoms with Crippen LogP contribution in [0.3, 0.4) is 0 Å². The smallest absolute Gasteiger partial charge is 0.311 e. The SMILES string of the molecule is CCC(CC)(Cn1nnnc1CCC(C)C)C(=O)O. The summed E-state index contributed by atoms with van der Waals surface area (Å²) < 4.78 is 1.66. The van der Waals surface area contributed by atoms with Gasteiger partial charge in [0.25, 0.3) is 0 Å². The van der Waals surface area contributed by atoms with Crippen LogP contribution in [0.15, 0.2) is 0 Å². The van der Waals surface area contributed by atoms with Gasteiger partial charge >= 0.3 is 5.97 Å². The molecule has 0 aliphatic carbocycles. The van der Waals surface area contributed by atoms with Crippen LogP contribution < -0.4 is 0 Å². The van der Waals surface area contributed by atoms with Crippen molar-refractivity contribution in [3.05, 3.63) is 5.82 Å². The first-order valence-electron chi connectivity index (χ1n) is 6.93. The van der Waals surface area contributed by atoms with Crippen LogP contribution in [0, 0.1) is 11.3 Å². The molecule has 1 N–H and O–H groups in total. The van der Waals surface area contributed by atoms with Crippen LogP contribution in [0.2, 0.25) is 0 Å². The van der Waals surface area contributed by atoms with Crippen molar-refractivity contribution in [3.63, 3.8) is 0 Å². The Morgan fingerprint density at radius 3 is 2.47 bits per heavy atom. The Balaban J connectivity index is 2.86. The molecule has 6 heteroatoms. The second kappa shape index (κ2) is 6.63. The van der Waals surface area contributed by atoms with Crippen molar-refractivity contribution in [2.75, 3.05) is 0 Å². The van der Waals surface area contributed by atoms with E-state index in [-0.39, 0.29) is 0 Å². The lowest BCUT2D eigenvalue weighted by molar-refractivity contribution is -0.150. The summed E-state index contributed by atoms with van der Waals surface area (Å²) in [6, 6.07) is 0. The van der Waals surface area contributed by atoms with E-state index >= 15 is 0 Å². The fraction of sp³-hybridized carbons (Fsp3) is 0.846. The number of aromatic nitrogens is 4. The van der Waals surface area contributed by atoms with Gasteiger partial charge in [-0.3, -0.25) is 4.79 Å². The summed E-state index contributed by atoms with van der Waals surface area (Å²) in [7, 11) is 0. The third kappa shape index (κ3) is 3.75. The number of carbonyl (C=O) groups is 1. The van der Waals surface area contributed by atoms with E-state index in [2.05, 4.69) is 29.4 Å². The van der Waals surface area contributed by atoms with E-state index in [1.807, 2.05) is 13.8 Å². The molecule has 0 spiro atoms. The monoisotopic (exact) mass is 268 g/mol. The molecule has 0 radical (unpaired) electrons. The molecule has 1 aromatic heterocycles. The minimum atomic E-state index is -0.776. The molecule has 0 saturated carbocycles. The standard InChI is InChI=1S/C13H24N4O2/c1-5-13(6-2,12(18)19)9-17-11(14-15-16-17)8-7-10(3)4/h10H,5-9H2,1-4H3,(H,18,19). The fourth-order valence-corrected chi connectivity index (χ4v) is 2.07. The van der Waals surface area contributed by atoms with Crippen LogP contribution in [-0.2, 0) is 17.8 Å². The predicted molar refractivity (Wildman–Crippen MR) is 71.6 cm³/mol. The highest BCUT2D eigenvalue weighted by Gasteiger charge is 2.36. The first-order chi connectivity index (χ1) is 8.95. The number of aryl methyl sites for hydroxylation is 1. The third-order valence-electron chi connectivity index (χ3n) is 3.81. The van der Waals surface area contributed by atoms with Gasteiger partial charge in [-0.15, -0.1) is 5.10 Å². The molecular weight excluding hydrogens is 244 g/mol. The maximum Gasteiger partial charge on any atom is 0.311 e. The van der Waals surface area contributed by atoms with Crippen molar-refractivity contribution in [2.24, 2.45) is 11.3 Å². The summed E-state index contributed by atoms with van der Waals surface area (Å²) >= 11 is 0. The number of hydrogen-bond donors (Lipinski definition) is 1. The number of carboxylic acid groups (broad SMARTS) is 1. The number of tetrazole rings is 1. The largest absolute Gasteiger partial charge is 0.481 e. The highest BCUT2D eigenvalue weighted by atomic mass is 16.4. The number of nitrogens with zero attached hydrogens (tertiary/aromatic N) is 4. The third-order valence-corrected chi connectivity index (χ3v) is 3.81. The topological polar surface area (TPSA) is 80.9 Å². The van der Waals surface area contributed by atoms with Crippen LogP contribution in [0.4, 0.5) is 0 Å². The zero-order valence-electron chi connectivity index (χ0n) is 12.3. The van der Waals surface area contributed by atoms with E-state index in [4.69, 9.17) is 0 Å². The minimum Gasteiger partial charge on any atom is -0.481 e. The molecule has 1 aromatic rings. The van der Waals surface area contributed by atoms with Crippen molar-refractivity contribution in [2.45, 2.75) is 59.9 Å². The summed E-state index contributed by atoms with van der Waals surface area (Å²) in [5.41, 5.74) is -0.776. The first kappa shape index (κ1) is 15.6. The van der Waals surface area contributed by atoms with Gasteiger partial charge in [0.05, 0.1) is 12.0 Å². The average molecular weight is 268 g/mol. The van der Waals surface area contributed by atoms with Crippen molar-refractivity contribution < 1.29 is 9.90 Å². The molecular formula is C13H24N4O2. The zero-order chi connectivity index (χ0) is 14.5. The lowest BCUT2D eigenvalue weighted by Gasteiger charge is -2.26. The van der Waals surface area contributed by atoms with Crippen LogP contribution in [0.1, 0.15) is 52.8 Å². The maximum atomic E-state index is 11.5. The van der Waals surface area contributed by atoms with Gasteiger partial charge in [-0.1, -0.05) is 27.7 Å². The average Bonchev–Trinajstić information content (AvgIpc) is 2.80. The van der Waals surface area contributed by atoms with E-state index in [1.54, 1.807) is 4.68 Å². The summed E-state index contributed by atoms with van der Waals surface area (Å²) in [5, 5.41) is 21.1. The maximum absolute atomic E-state index is 11.5. The number of carboxylic acids is 1. The van der Waals surface area contributed by atoms with Gasteiger partial charge in [0, 0.05) is 6.42 Å². The molecule has 0 aromatic carbocycles. The Morgan fingerprint density at radius 2 is 2.00 bits per heavy atom. The molecule has 0 amide bonds. The van der Waals surface area contributed by atoms with E-state index in [0.29, 0.717) is 25.3 Å². The van der Waals surface area contributed by atoms with E-state index < -0.39 is 11.4 Å². The van der Waals surface area contributed by atoms with E-state index in [0.717, 1.165) is 18.7 Å². The predicted octanol–water partition coefficient (Wildman–Crippen LogP) is 2.15. The lowest BCUT2D eigenvalue weighted by atomic mass is 9.82. The second-order valence-electron chi connectivity index (χ2n) is 5.48. The molecule has 6 nitrogen and oxygen atoms in total. The highest BCUT2D eigenvalue weighted by molar-refractivity contribution is 5.74. The molecule has 1 heterocycles. The van der Waals surface area contributed by atoms with Gasteiger partial charge in [0.1, 0.15) is 0 Å². The van der Waals surface area contributed by atoms with Gasteiger partial charge in [-0.2, -0.15) is 0 Å². The summed E-state index contributed by atoms with van der Waals surface area (Å²) in [5.74, 6) is 0.579. The fourth-order valence-electron chi connectivity index (χ4n) is 2.07. The summed E-state index contributed by atoms with van der Waals surface area (Å²) in [6.07, 6.45) is 2.93. The van der Waals surface area contributed by atoms with Gasteiger partial charge in [0.15, 0.2) is 5.82 Å². The van der Waals surface area contributed by atoms with Crippen LogP contribution in [-0.4, -0.2) is 31.3 Å². The van der Waals surface area contributed by atoms with Crippen LogP contribution in [0.25, 0.3) is 0 Å². The molecule has 0 bridgehead atoms. The number of aliphatic carboxylic acids is 1. The van der Waals surface area contributed by atoms with Gasteiger partial charge in [-0.25, -0.2) is 4.68 Å². The Hall–Kier alpha value is -1.46. The quantitative estimate of drug-likeness (QED) is 0.781. The van der Waals surface area contributed by atoms with Crippen molar-refractivity contribution in [1.82, 2.24) is 20.2 Å². The minimum absolute atomic E-state index is 0.343. The summed E-state index contributed by atoms with van der Waals surface area (Å²) in [6.45, 7) is 8.43. The van der Waals surface area contributed by atoms with Crippen molar-refractivity contribution in [3.8, 4) is 0 Å². The lowest BCUT2D eigenvalue weighted by Crippen LogP contribution is -2.35. The Kier molecular flexibility index (Phi) is 5.44. The van der Waals surface area contributed by atoms with Gasteiger partial charge in [0.2, 0.25) is 0 Å². The zero-order valence-corrected chi connectivity index (χ0v) is 12.3. The van der Waals surface area contributed by atoms with E-state index in [1.165, 1.54) is 0 Å². The summed E-state index contributed by atoms with van der Waals surface area (Å²) in [4.78, 5) is 11.5. The van der Waals surface area contributed by atoms with Crippen LogP contribution in [0.5, 0.6) is 0 Å². The highest BCUT2D eigenvalue weighted by Crippen LogP contribution is 2.29. The molecule has 0 unspecified atom stereocenters. The molecule has 108 valence electrons. The van der Waals surface area contributed by atoms with Crippen LogP contribution >= 0.6 is 0 Å². The van der Waals surface area contributed by atoms with Crippen molar-refractivity contribution >= 4 is 5.97 Å². The Labute approximate surface area is 114 Å². The number of rotatable bonds is 8. The molecule has 0 saturated heterocycles. The normalized spacial score (nSPS) is 12.1. The molecule has 0 aliphatic heterocycles. The number of hydrogen-bond acceptors (Lipinski definition) is 4.